The van der Waals surface area contributed by atoms with Gasteiger partial charge < -0.3 is 10.1 Å². The minimum absolute atomic E-state index is 0.142. The van der Waals surface area contributed by atoms with E-state index < -0.39 is 0 Å². The number of aromatic nitrogens is 2. The Morgan fingerprint density at radius 1 is 1.35 bits per heavy atom. The van der Waals surface area contributed by atoms with Crippen molar-refractivity contribution in [3.63, 3.8) is 0 Å². The van der Waals surface area contributed by atoms with Crippen LogP contribution in [0.1, 0.15) is 43.2 Å². The molecule has 2 aromatic rings. The normalized spacial score (nSPS) is 14.4. The first kappa shape index (κ1) is 12.9. The molecule has 0 unspecified atom stereocenters. The van der Waals surface area contributed by atoms with Crippen LogP contribution >= 0.6 is 0 Å². The third-order valence-electron chi connectivity index (χ3n) is 3.73. The highest BCUT2D eigenvalue weighted by Gasteiger charge is 2.27. The summed E-state index contributed by atoms with van der Waals surface area (Å²) in [5.74, 6) is 0.889. The zero-order valence-electron chi connectivity index (χ0n) is 11.5. The fraction of sp³-hybridized carbons (Fsp3) is 0.375. The fourth-order valence-corrected chi connectivity index (χ4v) is 2.55. The monoisotopic (exact) mass is 270 g/mol. The number of aromatic amines is 1. The summed E-state index contributed by atoms with van der Waals surface area (Å²) in [6, 6.07) is 7.95. The summed E-state index contributed by atoms with van der Waals surface area (Å²) in [6.45, 7) is 1.97. The van der Waals surface area contributed by atoms with Crippen molar-refractivity contribution < 1.29 is 5.11 Å². The number of H-pyrrole nitrogens is 1. The minimum Gasteiger partial charge on any atom is -0.493 e. The van der Waals surface area contributed by atoms with Crippen LogP contribution in [0.25, 0.3) is 11.4 Å². The van der Waals surface area contributed by atoms with Gasteiger partial charge >= 0.3 is 0 Å². The van der Waals surface area contributed by atoms with Crippen LogP contribution in [0, 0.1) is 0 Å². The predicted octanol–water partition coefficient (Wildman–Crippen LogP) is 2.97. The van der Waals surface area contributed by atoms with Crippen LogP contribution in [-0.4, -0.2) is 15.1 Å². The van der Waals surface area contributed by atoms with E-state index >= 15 is 0 Å². The van der Waals surface area contributed by atoms with Crippen LogP contribution in [0.2, 0.25) is 0 Å². The van der Waals surface area contributed by atoms with Gasteiger partial charge in [0.05, 0.1) is 5.56 Å². The molecule has 0 bridgehead atoms. The lowest BCUT2D eigenvalue weighted by molar-refractivity contribution is 0.443. The van der Waals surface area contributed by atoms with Crippen molar-refractivity contribution in [2.75, 3.05) is 0 Å². The van der Waals surface area contributed by atoms with Crippen LogP contribution in [0.4, 0.5) is 0 Å². The van der Waals surface area contributed by atoms with Crippen LogP contribution in [0.3, 0.4) is 0 Å². The lowest BCUT2D eigenvalue weighted by Gasteiger charge is -2.09. The topological polar surface area (TPSA) is 66.0 Å². The van der Waals surface area contributed by atoms with E-state index in [9.17, 15) is 9.90 Å². The zero-order valence-corrected chi connectivity index (χ0v) is 11.5. The molecule has 0 aliphatic heterocycles. The van der Waals surface area contributed by atoms with E-state index in [1.54, 1.807) is 0 Å². The minimum atomic E-state index is -0.236. The molecule has 1 aromatic carbocycles. The predicted molar refractivity (Wildman–Crippen MR) is 77.9 cm³/mol. The average molecular weight is 270 g/mol. The van der Waals surface area contributed by atoms with E-state index in [0.717, 1.165) is 12.0 Å². The number of aromatic hydroxyl groups is 1. The highest BCUT2D eigenvalue weighted by atomic mass is 16.3. The van der Waals surface area contributed by atoms with E-state index in [1.807, 2.05) is 25.1 Å². The summed E-state index contributed by atoms with van der Waals surface area (Å²) < 4.78 is 0. The molecule has 0 amide bonds. The Morgan fingerprint density at radius 2 is 2.10 bits per heavy atom. The molecule has 4 heteroatoms. The lowest BCUT2D eigenvalue weighted by atomic mass is 10.0. The van der Waals surface area contributed by atoms with Gasteiger partial charge in [-0.2, -0.15) is 4.98 Å². The van der Waals surface area contributed by atoms with Gasteiger partial charge in [0, 0.05) is 5.56 Å². The van der Waals surface area contributed by atoms with Gasteiger partial charge in [-0.05, 0) is 30.7 Å². The molecule has 0 saturated heterocycles. The number of nitrogens with one attached hydrogen (secondary N) is 1. The van der Waals surface area contributed by atoms with Crippen LogP contribution < -0.4 is 5.56 Å². The highest BCUT2D eigenvalue weighted by molar-refractivity contribution is 5.62. The summed E-state index contributed by atoms with van der Waals surface area (Å²) in [7, 11) is 0. The standard InChI is InChI=1S/C16H18N2O2/c1-2-5-13-15(19)17-14(18-16(13)20)12-7-4-3-6-11(12)10-8-9-10/h3-4,6-7,10H,2,5,8-9H2,1H3,(H2,17,18,19,20). The van der Waals surface area contributed by atoms with Crippen molar-refractivity contribution in [1.29, 1.82) is 0 Å². The molecule has 0 radical (unpaired) electrons. The Morgan fingerprint density at radius 3 is 2.75 bits per heavy atom. The van der Waals surface area contributed by atoms with Crippen LogP contribution in [0.5, 0.6) is 5.88 Å². The summed E-state index contributed by atoms with van der Waals surface area (Å²) in [5, 5.41) is 9.98. The largest absolute Gasteiger partial charge is 0.493 e. The second-order valence-corrected chi connectivity index (χ2v) is 5.33. The Balaban J connectivity index is 2.09. The van der Waals surface area contributed by atoms with Crippen molar-refractivity contribution in [2.45, 2.75) is 38.5 Å². The van der Waals surface area contributed by atoms with Gasteiger partial charge in [0.25, 0.3) is 5.56 Å². The molecule has 3 rings (SSSR count). The Labute approximate surface area is 117 Å². The molecular weight excluding hydrogens is 252 g/mol. The van der Waals surface area contributed by atoms with Gasteiger partial charge in [0.15, 0.2) is 0 Å². The van der Waals surface area contributed by atoms with E-state index in [-0.39, 0.29) is 11.4 Å². The van der Waals surface area contributed by atoms with Crippen LogP contribution in [0.15, 0.2) is 29.1 Å². The van der Waals surface area contributed by atoms with Crippen molar-refractivity contribution in [3.8, 4) is 17.3 Å². The first-order valence-corrected chi connectivity index (χ1v) is 7.12. The molecule has 20 heavy (non-hydrogen) atoms. The molecular formula is C16H18N2O2. The van der Waals surface area contributed by atoms with Gasteiger partial charge in [-0.25, -0.2) is 0 Å². The Kier molecular flexibility index (Phi) is 3.30. The quantitative estimate of drug-likeness (QED) is 0.897. The third kappa shape index (κ3) is 2.33. The summed E-state index contributed by atoms with van der Waals surface area (Å²) in [5.41, 5.74) is 2.27. The van der Waals surface area contributed by atoms with E-state index in [0.29, 0.717) is 23.7 Å². The zero-order chi connectivity index (χ0) is 14.1. The molecule has 1 heterocycles. The summed E-state index contributed by atoms with van der Waals surface area (Å²) >= 11 is 0. The van der Waals surface area contributed by atoms with Gasteiger partial charge in [0.2, 0.25) is 5.88 Å². The highest BCUT2D eigenvalue weighted by Crippen LogP contribution is 2.43. The van der Waals surface area contributed by atoms with E-state index in [2.05, 4.69) is 16.0 Å². The number of benzene rings is 1. The molecule has 2 N–H and O–H groups in total. The summed E-state index contributed by atoms with van der Waals surface area (Å²) in [4.78, 5) is 19.1. The maximum atomic E-state index is 12.1. The molecule has 1 fully saturated rings. The lowest BCUT2D eigenvalue weighted by Crippen LogP contribution is -2.15. The second-order valence-electron chi connectivity index (χ2n) is 5.33. The number of nitrogens with zero attached hydrogens (tertiary/aromatic N) is 1. The molecule has 1 saturated carbocycles. The van der Waals surface area contributed by atoms with Gasteiger partial charge in [-0.3, -0.25) is 4.79 Å². The van der Waals surface area contributed by atoms with E-state index in [4.69, 9.17) is 0 Å². The summed E-state index contributed by atoms with van der Waals surface area (Å²) in [6.07, 6.45) is 3.71. The molecule has 104 valence electrons. The first-order chi connectivity index (χ1) is 9.70. The van der Waals surface area contributed by atoms with Crippen molar-refractivity contribution >= 4 is 0 Å². The molecule has 0 atom stereocenters. The first-order valence-electron chi connectivity index (χ1n) is 7.12. The van der Waals surface area contributed by atoms with E-state index in [1.165, 1.54) is 18.4 Å². The van der Waals surface area contributed by atoms with Crippen molar-refractivity contribution in [2.24, 2.45) is 0 Å². The van der Waals surface area contributed by atoms with Crippen molar-refractivity contribution in [3.05, 3.63) is 45.7 Å². The van der Waals surface area contributed by atoms with Gasteiger partial charge in [-0.15, -0.1) is 0 Å². The SMILES string of the molecule is CCCc1c(O)nc(-c2ccccc2C2CC2)[nH]c1=O. The number of hydrogen-bond acceptors (Lipinski definition) is 3. The molecule has 1 aliphatic carbocycles. The fourth-order valence-electron chi connectivity index (χ4n) is 2.55. The molecule has 0 spiro atoms. The molecule has 1 aromatic heterocycles. The Hall–Kier alpha value is -2.10. The molecule has 1 aliphatic rings. The van der Waals surface area contributed by atoms with Crippen molar-refractivity contribution in [1.82, 2.24) is 9.97 Å². The molecule has 4 nitrogen and oxygen atoms in total. The Bertz CT molecular complexity index is 687. The maximum absolute atomic E-state index is 12.1. The van der Waals surface area contributed by atoms with Gasteiger partial charge in [-0.1, -0.05) is 37.6 Å². The number of rotatable bonds is 4. The smallest absolute Gasteiger partial charge is 0.258 e. The third-order valence-corrected chi connectivity index (χ3v) is 3.73. The van der Waals surface area contributed by atoms with Crippen LogP contribution in [-0.2, 0) is 6.42 Å². The number of hydrogen-bond donors (Lipinski definition) is 2. The average Bonchev–Trinajstić information content (AvgIpc) is 3.27. The van der Waals surface area contributed by atoms with Gasteiger partial charge in [0.1, 0.15) is 5.82 Å². The maximum Gasteiger partial charge on any atom is 0.258 e. The second kappa shape index (κ2) is 5.12.